The summed E-state index contributed by atoms with van der Waals surface area (Å²) < 4.78 is 3.29. The molecule has 0 aromatic heterocycles. The van der Waals surface area contributed by atoms with E-state index in [-0.39, 0.29) is 0 Å². The summed E-state index contributed by atoms with van der Waals surface area (Å²) in [6, 6.07) is 0. The first-order chi connectivity index (χ1) is 1.91. The second-order valence-corrected chi connectivity index (χ2v) is 0.298. The van der Waals surface area contributed by atoms with Gasteiger partial charge in [0.1, 0.15) is 0 Å². The number of thiol groups is 1. The van der Waals surface area contributed by atoms with Crippen molar-refractivity contribution in [3.8, 4) is 0 Å². The van der Waals surface area contributed by atoms with Crippen molar-refractivity contribution in [2.75, 3.05) is 0 Å². The Morgan fingerprint density at radius 1 is 1.75 bits per heavy atom. The van der Waals surface area contributed by atoms with Crippen molar-refractivity contribution in [3.05, 3.63) is 0 Å². The van der Waals surface area contributed by atoms with E-state index in [1.165, 1.54) is 0 Å². The number of hydrogen-bond donors (Lipinski definition) is 2. The Bertz CT molecular complexity index is 5.25. The summed E-state index contributed by atoms with van der Waals surface area (Å²) in [7, 11) is 0. The van der Waals surface area contributed by atoms with Gasteiger partial charge in [-0.15, -0.1) is 4.33 Å². The van der Waals surface area contributed by atoms with E-state index < -0.39 is 0 Å². The summed E-state index contributed by atoms with van der Waals surface area (Å²) in [4.78, 5) is 0. The van der Waals surface area contributed by atoms with Gasteiger partial charge in [-0.2, -0.15) is 0 Å². The van der Waals surface area contributed by atoms with E-state index in [1.807, 2.05) is 0 Å². The minimum Gasteiger partial charge on any atom is -0.220 e. The van der Waals surface area contributed by atoms with Crippen LogP contribution in [0.25, 0.3) is 0 Å². The summed E-state index contributed by atoms with van der Waals surface area (Å²) in [5.41, 5.74) is 0. The van der Waals surface area contributed by atoms with Crippen LogP contribution in [-0.4, -0.2) is 5.26 Å². The highest BCUT2D eigenvalue weighted by Gasteiger charge is 1.52. The van der Waals surface area contributed by atoms with Gasteiger partial charge >= 0.3 is 0 Å². The number of hydrogen-bond acceptors (Lipinski definition) is 4. The molecule has 0 bridgehead atoms. The van der Waals surface area contributed by atoms with E-state index in [0.29, 0.717) is 0 Å². The molecule has 0 saturated carbocycles. The first kappa shape index (κ1) is 4.23. The van der Waals surface area contributed by atoms with Gasteiger partial charge < -0.3 is 0 Å². The lowest BCUT2D eigenvalue weighted by atomic mass is 14.6. The van der Waals surface area contributed by atoms with Crippen molar-refractivity contribution in [2.24, 2.45) is 0 Å². The molecule has 4 heavy (non-hydrogen) atoms. The summed E-state index contributed by atoms with van der Waals surface area (Å²) >= 11 is 2.95. The van der Waals surface area contributed by atoms with E-state index >= 15 is 0 Å². The summed E-state index contributed by atoms with van der Waals surface area (Å²) in [6.07, 6.45) is 0. The smallest absolute Gasteiger partial charge is 0.0181 e. The lowest BCUT2D eigenvalue weighted by molar-refractivity contribution is -0.430. The maximum absolute atomic E-state index is 7.08. The Hall–Kier alpha value is 0.230. The first-order valence-electron chi connectivity index (χ1n) is 0.532. The SMILES string of the molecule is OOOS. The van der Waals surface area contributed by atoms with Crippen LogP contribution in [0.5, 0.6) is 0 Å². The van der Waals surface area contributed by atoms with Gasteiger partial charge in [0.15, 0.2) is 0 Å². The molecule has 4 heteroatoms. The van der Waals surface area contributed by atoms with Crippen molar-refractivity contribution in [1.82, 2.24) is 0 Å². The molecular formula is H2O3S. The van der Waals surface area contributed by atoms with Crippen molar-refractivity contribution in [3.63, 3.8) is 0 Å². The molecule has 0 aliphatic heterocycles. The molecule has 0 heterocycles. The fourth-order valence-corrected chi connectivity index (χ4v) is 0. The van der Waals surface area contributed by atoms with E-state index in [2.05, 4.69) is 22.3 Å². The van der Waals surface area contributed by atoms with Crippen LogP contribution < -0.4 is 0 Å². The summed E-state index contributed by atoms with van der Waals surface area (Å²) in [5, 5.41) is 9.98. The zero-order valence-corrected chi connectivity index (χ0v) is 2.61. The largest absolute Gasteiger partial charge is 0.220 e. The van der Waals surface area contributed by atoms with Crippen LogP contribution in [0.3, 0.4) is 0 Å². The van der Waals surface area contributed by atoms with Crippen LogP contribution in [0.15, 0.2) is 0 Å². The molecule has 3 nitrogen and oxygen atoms in total. The van der Waals surface area contributed by atoms with Gasteiger partial charge in [0.2, 0.25) is 0 Å². The zero-order valence-electron chi connectivity index (χ0n) is 1.71. The van der Waals surface area contributed by atoms with Gasteiger partial charge in [-0.25, -0.2) is 5.26 Å². The molecule has 1 N–H and O–H groups in total. The fourth-order valence-electron chi connectivity index (χ4n) is 0. The molecule has 0 amide bonds. The Kier molecular flexibility index (Phi) is 3.42. The molecular weight excluding hydrogens is 80.1 g/mol. The molecule has 0 fully saturated rings. The maximum Gasteiger partial charge on any atom is 0.0181 e. The standard InChI is InChI=1S/H2O3S/c1-2-3-4/h1,4H. The fraction of sp³-hybridized carbons (Fsp3) is 0. The third-order valence-electron chi connectivity index (χ3n) is 0.0333. The highest BCUT2D eigenvalue weighted by atomic mass is 32.1. The van der Waals surface area contributed by atoms with E-state index in [4.69, 9.17) is 5.26 Å². The van der Waals surface area contributed by atoms with Crippen molar-refractivity contribution in [2.45, 2.75) is 0 Å². The molecule has 0 atom stereocenters. The third-order valence-corrected chi connectivity index (χ3v) is 0.100. The molecule has 0 aromatic carbocycles. The predicted octanol–water partition coefficient (Wildman–Crippen LogP) is 0.252. The molecule has 0 unspecified atom stereocenters. The second kappa shape index (κ2) is 3.23. The second-order valence-electron chi connectivity index (χ2n) is 0.149. The van der Waals surface area contributed by atoms with Crippen LogP contribution in [0.2, 0.25) is 0 Å². The molecule has 0 rings (SSSR count). The Morgan fingerprint density at radius 2 is 2.00 bits per heavy atom. The number of rotatable bonds is 1. The molecule has 0 aliphatic rings. The van der Waals surface area contributed by atoms with Crippen molar-refractivity contribution in [1.29, 1.82) is 0 Å². The quantitative estimate of drug-likeness (QED) is 0.206. The van der Waals surface area contributed by atoms with E-state index in [9.17, 15) is 0 Å². The van der Waals surface area contributed by atoms with Crippen LogP contribution in [0.1, 0.15) is 0 Å². The van der Waals surface area contributed by atoms with Gasteiger partial charge in [-0.1, -0.05) is 5.04 Å². The minimum atomic E-state index is 2.91. The first-order valence-corrected chi connectivity index (χ1v) is 0.897. The lowest BCUT2D eigenvalue weighted by Crippen LogP contribution is -1.66. The molecule has 26 valence electrons. The van der Waals surface area contributed by atoms with Crippen LogP contribution in [0.4, 0.5) is 0 Å². The highest BCUT2D eigenvalue weighted by Crippen LogP contribution is 1.69. The molecule has 0 saturated heterocycles. The average molecular weight is 82.1 g/mol. The lowest BCUT2D eigenvalue weighted by Gasteiger charge is -1.72. The monoisotopic (exact) mass is 82.0 g/mol. The van der Waals surface area contributed by atoms with Gasteiger partial charge in [0.05, 0.1) is 0 Å². The van der Waals surface area contributed by atoms with Gasteiger partial charge in [-0.05, 0) is 0 Å². The van der Waals surface area contributed by atoms with Crippen LogP contribution in [0, 0.1) is 0 Å². The molecule has 0 aliphatic carbocycles. The minimum absolute atomic E-state index is 2.91. The third kappa shape index (κ3) is 2.23. The van der Waals surface area contributed by atoms with Gasteiger partial charge in [-0.3, -0.25) is 0 Å². The van der Waals surface area contributed by atoms with Gasteiger partial charge in [0, 0.05) is 12.9 Å². The van der Waals surface area contributed by atoms with Gasteiger partial charge in [0.25, 0.3) is 0 Å². The van der Waals surface area contributed by atoms with E-state index in [1.54, 1.807) is 0 Å². The van der Waals surface area contributed by atoms with Crippen LogP contribution in [-0.2, 0) is 9.37 Å². The Balaban J connectivity index is 1.97. The van der Waals surface area contributed by atoms with E-state index in [0.717, 1.165) is 0 Å². The van der Waals surface area contributed by atoms with Crippen molar-refractivity contribution < 1.29 is 14.6 Å². The average Bonchev–Trinajstić information content (AvgIpc) is 1.37. The Morgan fingerprint density at radius 3 is 2.00 bits per heavy atom. The Labute approximate surface area is 28.6 Å². The predicted molar refractivity (Wildman–Crippen MR) is 13.8 cm³/mol. The zero-order chi connectivity index (χ0) is 3.41. The summed E-state index contributed by atoms with van der Waals surface area (Å²) in [6.45, 7) is 0. The van der Waals surface area contributed by atoms with Crippen LogP contribution >= 0.6 is 12.9 Å². The summed E-state index contributed by atoms with van der Waals surface area (Å²) in [5.74, 6) is 0. The topological polar surface area (TPSA) is 38.7 Å². The maximum atomic E-state index is 7.08. The molecule has 0 aromatic rings. The highest BCUT2D eigenvalue weighted by molar-refractivity contribution is 7.74. The normalized spacial score (nSPS) is 7.50. The molecule has 0 radical (unpaired) electrons. The van der Waals surface area contributed by atoms with Crippen molar-refractivity contribution >= 4 is 12.9 Å². The molecule has 0 spiro atoms.